The largest absolute Gasteiger partial charge is 0.342 e. The molecule has 0 radical (unpaired) electrons. The molecule has 2 aromatic heterocycles. The number of aryl methyl sites for hydroxylation is 3. The molecule has 1 aliphatic rings. The summed E-state index contributed by atoms with van der Waals surface area (Å²) in [6.07, 6.45) is 6.19. The van der Waals surface area contributed by atoms with E-state index in [4.69, 9.17) is 4.98 Å². The van der Waals surface area contributed by atoms with Crippen molar-refractivity contribution in [2.24, 2.45) is 7.05 Å². The molecule has 0 unspecified atom stereocenters. The van der Waals surface area contributed by atoms with Crippen LogP contribution in [-0.2, 0) is 26.6 Å². The summed E-state index contributed by atoms with van der Waals surface area (Å²) in [5.41, 5.74) is 3.90. The van der Waals surface area contributed by atoms with Crippen molar-refractivity contribution in [2.75, 3.05) is 18.0 Å². The number of piperidine rings is 1. The number of imidazole rings is 1. The topological polar surface area (TPSA) is 65.1 Å². The van der Waals surface area contributed by atoms with E-state index < -0.39 is 0 Å². The molecule has 32 heavy (non-hydrogen) atoms. The van der Waals surface area contributed by atoms with Crippen LogP contribution in [0.1, 0.15) is 44.2 Å². The average molecular weight is 436 g/mol. The van der Waals surface area contributed by atoms with Crippen molar-refractivity contribution >= 4 is 17.1 Å². The van der Waals surface area contributed by atoms with Crippen molar-refractivity contribution in [1.29, 1.82) is 0 Å². The van der Waals surface area contributed by atoms with Gasteiger partial charge in [0.05, 0.1) is 0 Å². The first-order chi connectivity index (χ1) is 15.4. The van der Waals surface area contributed by atoms with Crippen molar-refractivity contribution in [1.82, 2.24) is 18.7 Å². The molecule has 1 saturated heterocycles. The Labute approximate surface area is 188 Å². The van der Waals surface area contributed by atoms with E-state index in [0.717, 1.165) is 37.4 Å². The first kappa shape index (κ1) is 22.1. The number of benzene rings is 1. The van der Waals surface area contributed by atoms with Gasteiger partial charge in [-0.3, -0.25) is 13.9 Å². The molecule has 0 spiro atoms. The van der Waals surface area contributed by atoms with Crippen LogP contribution in [0, 0.1) is 6.92 Å². The number of fused-ring (bicyclic) bond motifs is 1. The fourth-order valence-electron chi connectivity index (χ4n) is 4.46. The fraction of sp³-hybridized carbons (Fsp3) is 0.480. The third kappa shape index (κ3) is 4.16. The zero-order chi connectivity index (χ0) is 22.8. The molecule has 0 aliphatic carbocycles. The molecule has 7 heteroatoms. The Balaban J connectivity index is 1.85. The molecule has 170 valence electrons. The Morgan fingerprint density at radius 3 is 2.47 bits per heavy atom. The van der Waals surface area contributed by atoms with Gasteiger partial charge in [-0.25, -0.2) is 4.79 Å². The summed E-state index contributed by atoms with van der Waals surface area (Å²) in [6, 6.07) is 8.10. The smallest absolute Gasteiger partial charge is 0.332 e. The Morgan fingerprint density at radius 1 is 1.06 bits per heavy atom. The average Bonchev–Trinajstić information content (AvgIpc) is 3.18. The van der Waals surface area contributed by atoms with Gasteiger partial charge in [0.1, 0.15) is 0 Å². The molecular weight excluding hydrogens is 402 g/mol. The number of nitrogens with zero attached hydrogens (tertiary/aromatic N) is 5. The van der Waals surface area contributed by atoms with E-state index in [-0.39, 0.29) is 11.2 Å². The van der Waals surface area contributed by atoms with Crippen LogP contribution in [-0.4, -0.2) is 31.8 Å². The number of hydrogen-bond acceptors (Lipinski definition) is 4. The third-order valence-electron chi connectivity index (χ3n) is 6.40. The zero-order valence-corrected chi connectivity index (χ0v) is 19.6. The van der Waals surface area contributed by atoms with Gasteiger partial charge in [-0.15, -0.1) is 0 Å². The summed E-state index contributed by atoms with van der Waals surface area (Å²) in [5, 5.41) is 0. The fourth-order valence-corrected chi connectivity index (χ4v) is 4.46. The highest BCUT2D eigenvalue weighted by Crippen LogP contribution is 2.23. The maximum Gasteiger partial charge on any atom is 0.332 e. The molecule has 0 saturated carbocycles. The molecule has 3 heterocycles. The number of rotatable bonds is 6. The molecule has 7 nitrogen and oxygen atoms in total. The van der Waals surface area contributed by atoms with Crippen LogP contribution in [0.4, 0.5) is 5.95 Å². The van der Waals surface area contributed by atoms with Gasteiger partial charge in [0.25, 0.3) is 5.56 Å². The highest BCUT2D eigenvalue weighted by Gasteiger charge is 2.24. The van der Waals surface area contributed by atoms with Gasteiger partial charge in [-0.1, -0.05) is 35.9 Å². The Hall–Kier alpha value is -3.09. The predicted octanol–water partition coefficient (Wildman–Crippen LogP) is 3.40. The molecular formula is C25H33N5O2. The molecule has 1 aromatic carbocycles. The number of anilines is 1. The summed E-state index contributed by atoms with van der Waals surface area (Å²) >= 11 is 0. The Bertz CT molecular complexity index is 1270. The maximum atomic E-state index is 13.6. The molecule has 1 aliphatic heterocycles. The third-order valence-corrected chi connectivity index (χ3v) is 6.40. The van der Waals surface area contributed by atoms with Crippen LogP contribution in [0.3, 0.4) is 0 Å². The maximum absolute atomic E-state index is 13.6. The van der Waals surface area contributed by atoms with E-state index in [1.807, 2.05) is 16.7 Å². The molecule has 0 amide bonds. The Kier molecular flexibility index (Phi) is 6.35. The van der Waals surface area contributed by atoms with E-state index in [9.17, 15) is 9.59 Å². The SMILES string of the molecule is CC(C)=CCn1c(N2CCCCC2)nc2c1c(=O)n(CCc1ccccc1C)c(=O)n2C. The standard InChI is InChI=1S/C25H33N5O2/c1-18(2)12-16-29-21-22(26-24(29)28-14-8-5-9-15-28)27(4)25(32)30(23(21)31)17-13-20-11-7-6-10-19(20)3/h6-7,10-12H,5,8-9,13-17H2,1-4H3. The van der Waals surface area contributed by atoms with E-state index in [1.165, 1.54) is 26.7 Å². The van der Waals surface area contributed by atoms with Gasteiger partial charge in [0.2, 0.25) is 5.95 Å². The van der Waals surface area contributed by atoms with E-state index in [2.05, 4.69) is 43.9 Å². The van der Waals surface area contributed by atoms with Gasteiger partial charge in [0.15, 0.2) is 11.2 Å². The van der Waals surface area contributed by atoms with Crippen LogP contribution in [0.5, 0.6) is 0 Å². The molecule has 1 fully saturated rings. The summed E-state index contributed by atoms with van der Waals surface area (Å²) in [4.78, 5) is 33.8. The first-order valence-electron chi connectivity index (χ1n) is 11.5. The molecule has 4 rings (SSSR count). The lowest BCUT2D eigenvalue weighted by Gasteiger charge is -2.28. The quantitative estimate of drug-likeness (QED) is 0.557. The van der Waals surface area contributed by atoms with Gasteiger partial charge in [-0.05, 0) is 57.6 Å². The summed E-state index contributed by atoms with van der Waals surface area (Å²) in [6.45, 7) is 8.92. The normalized spacial score (nSPS) is 14.2. The predicted molar refractivity (Wildman–Crippen MR) is 130 cm³/mol. The summed E-state index contributed by atoms with van der Waals surface area (Å²) in [5.74, 6) is 0.793. The van der Waals surface area contributed by atoms with Gasteiger partial charge in [0, 0.05) is 33.2 Å². The molecule has 0 bridgehead atoms. The van der Waals surface area contributed by atoms with Crippen LogP contribution in [0.15, 0.2) is 45.5 Å². The van der Waals surface area contributed by atoms with Crippen molar-refractivity contribution < 1.29 is 0 Å². The summed E-state index contributed by atoms with van der Waals surface area (Å²) in [7, 11) is 1.71. The first-order valence-corrected chi connectivity index (χ1v) is 11.5. The second-order valence-electron chi connectivity index (χ2n) is 9.00. The number of aromatic nitrogens is 4. The minimum atomic E-state index is -0.312. The van der Waals surface area contributed by atoms with E-state index in [0.29, 0.717) is 30.7 Å². The van der Waals surface area contributed by atoms with Crippen LogP contribution in [0.25, 0.3) is 11.2 Å². The van der Waals surface area contributed by atoms with Crippen molar-refractivity contribution in [2.45, 2.75) is 59.5 Å². The number of allylic oxidation sites excluding steroid dienone is 2. The zero-order valence-electron chi connectivity index (χ0n) is 19.6. The van der Waals surface area contributed by atoms with Gasteiger partial charge >= 0.3 is 5.69 Å². The van der Waals surface area contributed by atoms with Gasteiger partial charge in [-0.2, -0.15) is 4.98 Å². The van der Waals surface area contributed by atoms with Crippen molar-refractivity contribution in [3.05, 3.63) is 67.9 Å². The van der Waals surface area contributed by atoms with Crippen LogP contribution < -0.4 is 16.1 Å². The second-order valence-corrected chi connectivity index (χ2v) is 9.00. The van der Waals surface area contributed by atoms with Crippen LogP contribution >= 0.6 is 0 Å². The van der Waals surface area contributed by atoms with Crippen molar-refractivity contribution in [3.63, 3.8) is 0 Å². The lowest BCUT2D eigenvalue weighted by molar-refractivity contribution is 0.560. The van der Waals surface area contributed by atoms with Gasteiger partial charge < -0.3 is 9.47 Å². The van der Waals surface area contributed by atoms with Crippen LogP contribution in [0.2, 0.25) is 0 Å². The Morgan fingerprint density at radius 2 is 1.78 bits per heavy atom. The highest BCUT2D eigenvalue weighted by atomic mass is 16.2. The molecule has 3 aromatic rings. The van der Waals surface area contributed by atoms with Crippen molar-refractivity contribution in [3.8, 4) is 0 Å². The highest BCUT2D eigenvalue weighted by molar-refractivity contribution is 5.74. The minimum Gasteiger partial charge on any atom is -0.342 e. The lowest BCUT2D eigenvalue weighted by Crippen LogP contribution is -2.40. The lowest BCUT2D eigenvalue weighted by atomic mass is 10.1. The van der Waals surface area contributed by atoms with E-state index in [1.54, 1.807) is 7.05 Å². The summed E-state index contributed by atoms with van der Waals surface area (Å²) < 4.78 is 4.90. The monoisotopic (exact) mass is 435 g/mol. The number of hydrogen-bond donors (Lipinski definition) is 0. The second kappa shape index (κ2) is 9.18. The van der Waals surface area contributed by atoms with E-state index >= 15 is 0 Å². The molecule has 0 N–H and O–H groups in total. The molecule has 0 atom stereocenters. The minimum absolute atomic E-state index is 0.255.